The second-order valence-electron chi connectivity index (χ2n) is 4.14. The van der Waals surface area contributed by atoms with E-state index in [0.29, 0.717) is 0 Å². The van der Waals surface area contributed by atoms with Gasteiger partial charge in [0.15, 0.2) is 0 Å². The van der Waals surface area contributed by atoms with Crippen molar-refractivity contribution >= 4 is 5.71 Å². The van der Waals surface area contributed by atoms with E-state index >= 15 is 0 Å². The van der Waals surface area contributed by atoms with Crippen LogP contribution in [0.1, 0.15) is 67.2 Å². The van der Waals surface area contributed by atoms with Gasteiger partial charge >= 0.3 is 0 Å². The van der Waals surface area contributed by atoms with Gasteiger partial charge in [-0.15, -0.1) is 0 Å². The van der Waals surface area contributed by atoms with E-state index in [2.05, 4.69) is 0 Å². The standard InChI is InChI=1S/C10H18N2O.2C2H6/c1-10(2,13)9(12)7-5-3-4-6-8(7)11;2*1-2/h12-13H,3-6,11H2,1-2H3;2*1-2H3. The molecule has 3 nitrogen and oxygen atoms in total. The molecule has 0 radical (unpaired) electrons. The maximum Gasteiger partial charge on any atom is 0.101 e. The van der Waals surface area contributed by atoms with Crippen molar-refractivity contribution in [3.63, 3.8) is 0 Å². The van der Waals surface area contributed by atoms with E-state index < -0.39 is 5.60 Å². The summed E-state index contributed by atoms with van der Waals surface area (Å²) in [7, 11) is 0. The molecule has 0 spiro atoms. The first-order chi connectivity index (χ1) is 7.93. The minimum Gasteiger partial charge on any atom is -0.402 e. The molecule has 0 amide bonds. The average molecular weight is 242 g/mol. The SMILES string of the molecule is CC.CC.CC(C)(O)C(=N)C1=C(N)CCCC1. The van der Waals surface area contributed by atoms with E-state index in [1.54, 1.807) is 13.8 Å². The van der Waals surface area contributed by atoms with Crippen molar-refractivity contribution in [3.05, 3.63) is 11.3 Å². The fourth-order valence-electron chi connectivity index (χ4n) is 1.58. The van der Waals surface area contributed by atoms with E-state index in [-0.39, 0.29) is 5.71 Å². The second kappa shape index (κ2) is 9.23. The maximum absolute atomic E-state index is 9.64. The van der Waals surface area contributed by atoms with Crippen LogP contribution in [0.25, 0.3) is 0 Å². The molecule has 0 aromatic heterocycles. The molecule has 0 fully saturated rings. The fourth-order valence-corrected chi connectivity index (χ4v) is 1.58. The Kier molecular flexibility index (Phi) is 10.1. The third kappa shape index (κ3) is 6.47. The molecular weight excluding hydrogens is 212 g/mol. The van der Waals surface area contributed by atoms with Crippen molar-refractivity contribution in [2.24, 2.45) is 5.73 Å². The molecule has 0 bridgehead atoms. The van der Waals surface area contributed by atoms with Gasteiger partial charge < -0.3 is 16.2 Å². The lowest BCUT2D eigenvalue weighted by Gasteiger charge is -2.25. The van der Waals surface area contributed by atoms with Crippen molar-refractivity contribution in [1.82, 2.24) is 0 Å². The third-order valence-corrected chi connectivity index (χ3v) is 2.42. The van der Waals surface area contributed by atoms with Crippen LogP contribution in [0.2, 0.25) is 0 Å². The minimum atomic E-state index is -1.06. The third-order valence-electron chi connectivity index (χ3n) is 2.42. The van der Waals surface area contributed by atoms with E-state index in [9.17, 15) is 5.11 Å². The Bertz CT molecular complexity index is 249. The number of nitrogens with one attached hydrogen (secondary N) is 1. The number of nitrogens with two attached hydrogens (primary N) is 1. The molecule has 1 aliphatic carbocycles. The maximum atomic E-state index is 9.64. The van der Waals surface area contributed by atoms with Gasteiger partial charge in [0, 0.05) is 5.70 Å². The molecule has 1 rings (SSSR count). The Morgan fingerprint density at radius 3 is 1.88 bits per heavy atom. The van der Waals surface area contributed by atoms with Gasteiger partial charge in [0.25, 0.3) is 0 Å². The van der Waals surface area contributed by atoms with Crippen molar-refractivity contribution in [1.29, 1.82) is 5.41 Å². The summed E-state index contributed by atoms with van der Waals surface area (Å²) in [5.41, 5.74) is 6.68. The summed E-state index contributed by atoms with van der Waals surface area (Å²) in [5, 5.41) is 17.4. The van der Waals surface area contributed by atoms with Gasteiger partial charge in [-0.05, 0) is 45.1 Å². The lowest BCUT2D eigenvalue weighted by Crippen LogP contribution is -2.34. The van der Waals surface area contributed by atoms with Crippen molar-refractivity contribution in [2.45, 2.75) is 72.8 Å². The zero-order chi connectivity index (χ0) is 14.1. The van der Waals surface area contributed by atoms with Crippen LogP contribution in [0.4, 0.5) is 0 Å². The van der Waals surface area contributed by atoms with Crippen LogP contribution in [-0.2, 0) is 0 Å². The molecule has 4 N–H and O–H groups in total. The summed E-state index contributed by atoms with van der Waals surface area (Å²) in [6, 6.07) is 0. The highest BCUT2D eigenvalue weighted by Crippen LogP contribution is 2.25. The molecule has 0 aromatic rings. The quantitative estimate of drug-likeness (QED) is 0.647. The molecule has 0 aliphatic heterocycles. The molecule has 0 aromatic carbocycles. The summed E-state index contributed by atoms with van der Waals surface area (Å²) in [5.74, 6) is 0. The Hall–Kier alpha value is -0.830. The topological polar surface area (TPSA) is 70.1 Å². The zero-order valence-electron chi connectivity index (χ0n) is 12.4. The van der Waals surface area contributed by atoms with E-state index in [0.717, 1.165) is 37.0 Å². The molecule has 17 heavy (non-hydrogen) atoms. The molecule has 3 heteroatoms. The minimum absolute atomic E-state index is 0.282. The Morgan fingerprint density at radius 2 is 1.53 bits per heavy atom. The van der Waals surface area contributed by atoms with Crippen LogP contribution in [0, 0.1) is 5.41 Å². The van der Waals surface area contributed by atoms with Gasteiger partial charge in [-0.3, -0.25) is 0 Å². The lowest BCUT2D eigenvalue weighted by molar-refractivity contribution is 0.153. The summed E-state index contributed by atoms with van der Waals surface area (Å²) in [6.07, 6.45) is 3.89. The van der Waals surface area contributed by atoms with Gasteiger partial charge in [-0.1, -0.05) is 27.7 Å². The monoisotopic (exact) mass is 242 g/mol. The normalized spacial score (nSPS) is 15.2. The highest BCUT2D eigenvalue weighted by atomic mass is 16.3. The highest BCUT2D eigenvalue weighted by molar-refractivity contribution is 6.03. The second-order valence-corrected chi connectivity index (χ2v) is 4.14. The van der Waals surface area contributed by atoms with Crippen LogP contribution >= 0.6 is 0 Å². The number of hydrogen-bond acceptors (Lipinski definition) is 3. The van der Waals surface area contributed by atoms with Crippen LogP contribution in [0.5, 0.6) is 0 Å². The first kappa shape index (κ1) is 18.5. The summed E-state index contributed by atoms with van der Waals surface area (Å²) in [6.45, 7) is 11.3. The highest BCUT2D eigenvalue weighted by Gasteiger charge is 2.25. The van der Waals surface area contributed by atoms with Gasteiger partial charge in [-0.2, -0.15) is 0 Å². The Balaban J connectivity index is 0. The van der Waals surface area contributed by atoms with Crippen molar-refractivity contribution < 1.29 is 5.11 Å². The summed E-state index contributed by atoms with van der Waals surface area (Å²) >= 11 is 0. The molecular formula is C14H30N2O. The average Bonchev–Trinajstić information content (AvgIpc) is 2.33. The largest absolute Gasteiger partial charge is 0.402 e. The first-order valence-corrected chi connectivity index (χ1v) is 6.72. The molecule has 0 saturated carbocycles. The molecule has 0 unspecified atom stereocenters. The lowest BCUT2D eigenvalue weighted by atomic mass is 9.87. The number of allylic oxidation sites excluding steroid dienone is 1. The van der Waals surface area contributed by atoms with E-state index in [4.69, 9.17) is 11.1 Å². The number of aliphatic hydroxyl groups is 1. The van der Waals surface area contributed by atoms with Crippen LogP contribution < -0.4 is 5.73 Å². The van der Waals surface area contributed by atoms with Crippen LogP contribution in [0.15, 0.2) is 11.3 Å². The molecule has 102 valence electrons. The summed E-state index contributed by atoms with van der Waals surface area (Å²) < 4.78 is 0. The molecule has 0 heterocycles. The molecule has 1 aliphatic rings. The summed E-state index contributed by atoms with van der Waals surface area (Å²) in [4.78, 5) is 0. The van der Waals surface area contributed by atoms with E-state index in [1.807, 2.05) is 27.7 Å². The Morgan fingerprint density at radius 1 is 1.12 bits per heavy atom. The van der Waals surface area contributed by atoms with Gasteiger partial charge in [-0.25, -0.2) is 0 Å². The van der Waals surface area contributed by atoms with Gasteiger partial charge in [0.2, 0.25) is 0 Å². The van der Waals surface area contributed by atoms with Crippen molar-refractivity contribution in [3.8, 4) is 0 Å². The smallest absolute Gasteiger partial charge is 0.101 e. The number of hydrogen-bond donors (Lipinski definition) is 3. The fraction of sp³-hybridized carbons (Fsp3) is 0.786. The van der Waals surface area contributed by atoms with Gasteiger partial charge in [0.1, 0.15) is 5.60 Å². The molecule has 0 atom stereocenters. The van der Waals surface area contributed by atoms with Crippen LogP contribution in [0.3, 0.4) is 0 Å². The van der Waals surface area contributed by atoms with E-state index in [1.165, 1.54) is 0 Å². The molecule has 0 saturated heterocycles. The van der Waals surface area contributed by atoms with Crippen LogP contribution in [-0.4, -0.2) is 16.4 Å². The zero-order valence-corrected chi connectivity index (χ0v) is 12.4. The first-order valence-electron chi connectivity index (χ1n) is 6.72. The van der Waals surface area contributed by atoms with Crippen molar-refractivity contribution in [2.75, 3.05) is 0 Å². The van der Waals surface area contributed by atoms with Gasteiger partial charge in [0.05, 0.1) is 5.71 Å². The number of rotatable bonds is 2. The predicted octanol–water partition coefficient (Wildman–Crippen LogP) is 3.62. The predicted molar refractivity (Wildman–Crippen MR) is 76.4 cm³/mol. The Labute approximate surface area is 107 Å².